The maximum Gasteiger partial charge on any atom is 0.335 e. The predicted molar refractivity (Wildman–Crippen MR) is 68.0 cm³/mol. The standard InChI is InChI=1S/C14H10O8/c15-9-3-5(13(19)20)1-7(11(9)17)8-2-6(14(21)22)4-10(16)12(8)18/h1-4,15-18H,(H,19,20)(H,21,22)/p-2. The van der Waals surface area contributed by atoms with Gasteiger partial charge in [0, 0.05) is 0 Å². The Hall–Kier alpha value is -3.42. The largest absolute Gasteiger partial charge is 0.870 e. The summed E-state index contributed by atoms with van der Waals surface area (Å²) >= 11 is 0. The van der Waals surface area contributed by atoms with Crippen molar-refractivity contribution >= 4 is 11.9 Å². The first-order chi connectivity index (χ1) is 10.2. The van der Waals surface area contributed by atoms with Crippen LogP contribution in [0.15, 0.2) is 24.3 Å². The normalized spacial score (nSPS) is 10.4. The zero-order valence-corrected chi connectivity index (χ0v) is 10.7. The van der Waals surface area contributed by atoms with Crippen molar-refractivity contribution in [1.82, 2.24) is 0 Å². The summed E-state index contributed by atoms with van der Waals surface area (Å²) in [5, 5.41) is 60.5. The van der Waals surface area contributed by atoms with E-state index in [-0.39, 0.29) is 0 Å². The van der Waals surface area contributed by atoms with Gasteiger partial charge in [-0.25, -0.2) is 9.59 Å². The molecule has 8 nitrogen and oxygen atoms in total. The van der Waals surface area contributed by atoms with Crippen LogP contribution in [-0.4, -0.2) is 32.4 Å². The second-order valence-corrected chi connectivity index (χ2v) is 4.35. The third-order valence-corrected chi connectivity index (χ3v) is 2.92. The molecular weight excluding hydrogens is 296 g/mol. The van der Waals surface area contributed by atoms with Crippen LogP contribution in [0.1, 0.15) is 20.7 Å². The molecule has 2 rings (SSSR count). The third-order valence-electron chi connectivity index (χ3n) is 2.92. The lowest BCUT2D eigenvalue weighted by molar-refractivity contribution is -0.272. The first kappa shape index (κ1) is 15.0. The number of carboxylic acid groups (broad SMARTS) is 2. The summed E-state index contributed by atoms with van der Waals surface area (Å²) in [6.07, 6.45) is 0. The number of carbonyl (C=O) groups is 2. The molecule has 0 unspecified atom stereocenters. The maximum atomic E-state index is 11.9. The van der Waals surface area contributed by atoms with Crippen molar-refractivity contribution in [2.24, 2.45) is 0 Å². The number of benzene rings is 2. The van der Waals surface area contributed by atoms with Crippen molar-refractivity contribution in [3.05, 3.63) is 35.4 Å². The van der Waals surface area contributed by atoms with Crippen molar-refractivity contribution in [1.29, 1.82) is 0 Å². The minimum absolute atomic E-state index is 0.466. The number of phenols is 2. The highest BCUT2D eigenvalue weighted by molar-refractivity contribution is 5.95. The summed E-state index contributed by atoms with van der Waals surface area (Å²) < 4.78 is 0. The Balaban J connectivity index is 2.81. The molecule has 0 amide bonds. The summed E-state index contributed by atoms with van der Waals surface area (Å²) in [6, 6.07) is 3.07. The van der Waals surface area contributed by atoms with Crippen LogP contribution >= 0.6 is 0 Å². The lowest BCUT2D eigenvalue weighted by atomic mass is 9.98. The molecule has 2 aromatic rings. The SMILES string of the molecule is O=C(O)c1cc(O)c([O-])c(-c2cc(C(=O)O)cc(O)c2[O-])c1. The van der Waals surface area contributed by atoms with Crippen LogP contribution in [0.4, 0.5) is 0 Å². The smallest absolute Gasteiger partial charge is 0.335 e. The second-order valence-electron chi connectivity index (χ2n) is 4.35. The molecular formula is C14H8O8-2. The molecule has 0 fully saturated rings. The van der Waals surface area contributed by atoms with E-state index < -0.39 is 57.2 Å². The van der Waals surface area contributed by atoms with Gasteiger partial charge in [-0.3, -0.25) is 0 Å². The van der Waals surface area contributed by atoms with Crippen LogP contribution < -0.4 is 10.2 Å². The number of aromatic hydroxyl groups is 2. The van der Waals surface area contributed by atoms with Gasteiger partial charge in [0.25, 0.3) is 0 Å². The molecule has 4 N–H and O–H groups in total. The minimum atomic E-state index is -1.46. The van der Waals surface area contributed by atoms with Crippen molar-refractivity contribution in [2.45, 2.75) is 0 Å². The number of aromatic carboxylic acids is 2. The van der Waals surface area contributed by atoms with Crippen molar-refractivity contribution < 1.29 is 40.2 Å². The van der Waals surface area contributed by atoms with Gasteiger partial charge in [0.1, 0.15) is 11.5 Å². The molecule has 0 atom stereocenters. The highest BCUT2D eigenvalue weighted by Gasteiger charge is 2.14. The minimum Gasteiger partial charge on any atom is -0.870 e. The highest BCUT2D eigenvalue weighted by atomic mass is 16.4. The molecule has 2 aromatic carbocycles. The second kappa shape index (κ2) is 5.17. The molecule has 0 heterocycles. The van der Waals surface area contributed by atoms with Crippen LogP contribution in [0, 0.1) is 0 Å². The number of hydrogen-bond acceptors (Lipinski definition) is 6. The zero-order valence-electron chi connectivity index (χ0n) is 10.7. The summed E-state index contributed by atoms with van der Waals surface area (Å²) in [6.45, 7) is 0. The molecule has 22 heavy (non-hydrogen) atoms. The third kappa shape index (κ3) is 2.44. The van der Waals surface area contributed by atoms with E-state index in [1.54, 1.807) is 0 Å². The van der Waals surface area contributed by atoms with E-state index >= 15 is 0 Å². The molecule has 0 aliphatic rings. The Bertz CT molecular complexity index is 726. The van der Waals surface area contributed by atoms with E-state index in [0.717, 1.165) is 12.1 Å². The monoisotopic (exact) mass is 304 g/mol. The molecule has 0 aromatic heterocycles. The summed E-state index contributed by atoms with van der Waals surface area (Å²) in [4.78, 5) is 21.9. The van der Waals surface area contributed by atoms with E-state index in [9.17, 15) is 30.0 Å². The van der Waals surface area contributed by atoms with E-state index in [1.807, 2.05) is 0 Å². The number of carboxylic acids is 2. The van der Waals surface area contributed by atoms with Crippen LogP contribution in [0.3, 0.4) is 0 Å². The van der Waals surface area contributed by atoms with Gasteiger partial charge >= 0.3 is 11.9 Å². The Kier molecular flexibility index (Phi) is 3.52. The first-order valence-electron chi connectivity index (χ1n) is 5.77. The van der Waals surface area contributed by atoms with Gasteiger partial charge in [0.05, 0.1) is 11.1 Å². The number of hydrogen-bond donors (Lipinski definition) is 4. The van der Waals surface area contributed by atoms with E-state index in [1.165, 1.54) is 0 Å². The topological polar surface area (TPSA) is 161 Å². The van der Waals surface area contributed by atoms with E-state index in [2.05, 4.69) is 0 Å². The lowest BCUT2D eigenvalue weighted by Gasteiger charge is -2.22. The Morgan fingerprint density at radius 3 is 1.32 bits per heavy atom. The van der Waals surface area contributed by atoms with Gasteiger partial charge in [-0.1, -0.05) is 11.5 Å². The maximum absolute atomic E-state index is 11.9. The Morgan fingerprint density at radius 1 is 0.727 bits per heavy atom. The fourth-order valence-corrected chi connectivity index (χ4v) is 1.87. The average molecular weight is 304 g/mol. The predicted octanol–water partition coefficient (Wildman–Crippen LogP) is 0.308. The molecule has 0 saturated heterocycles. The molecule has 0 spiro atoms. The molecule has 114 valence electrons. The van der Waals surface area contributed by atoms with Crippen molar-refractivity contribution in [2.75, 3.05) is 0 Å². The molecule has 8 heteroatoms. The summed E-state index contributed by atoms with van der Waals surface area (Å²) in [7, 11) is 0. The number of phenolic OH excluding ortho intramolecular Hbond substituents is 2. The Morgan fingerprint density at radius 2 is 1.05 bits per heavy atom. The van der Waals surface area contributed by atoms with Crippen molar-refractivity contribution in [3.63, 3.8) is 0 Å². The fourth-order valence-electron chi connectivity index (χ4n) is 1.87. The highest BCUT2D eigenvalue weighted by Crippen LogP contribution is 2.42. The van der Waals surface area contributed by atoms with E-state index in [0.29, 0.717) is 12.1 Å². The lowest BCUT2D eigenvalue weighted by Crippen LogP contribution is -2.04. The van der Waals surface area contributed by atoms with Crippen LogP contribution in [0.25, 0.3) is 11.1 Å². The zero-order chi connectivity index (χ0) is 16.6. The number of rotatable bonds is 3. The van der Waals surface area contributed by atoms with Crippen LogP contribution in [0.2, 0.25) is 0 Å². The van der Waals surface area contributed by atoms with Gasteiger partial charge in [-0.15, -0.1) is 0 Å². The van der Waals surface area contributed by atoms with Gasteiger partial charge in [0.15, 0.2) is 0 Å². The van der Waals surface area contributed by atoms with Crippen LogP contribution in [0.5, 0.6) is 23.0 Å². The first-order valence-corrected chi connectivity index (χ1v) is 5.77. The van der Waals surface area contributed by atoms with Crippen LogP contribution in [-0.2, 0) is 0 Å². The van der Waals surface area contributed by atoms with Crippen molar-refractivity contribution in [3.8, 4) is 34.1 Å². The molecule has 0 aliphatic heterocycles. The molecule has 0 saturated carbocycles. The fraction of sp³-hybridized carbons (Fsp3) is 0. The van der Waals surface area contributed by atoms with Gasteiger partial charge in [-0.05, 0) is 35.4 Å². The van der Waals surface area contributed by atoms with Gasteiger partial charge in [-0.2, -0.15) is 0 Å². The quantitative estimate of drug-likeness (QED) is 0.629. The molecule has 0 radical (unpaired) electrons. The molecule has 0 bridgehead atoms. The average Bonchev–Trinajstić information content (AvgIpc) is 2.44. The summed E-state index contributed by atoms with van der Waals surface area (Å²) in [5.74, 6) is -6.83. The summed E-state index contributed by atoms with van der Waals surface area (Å²) in [5.41, 5.74) is -1.96. The van der Waals surface area contributed by atoms with E-state index in [4.69, 9.17) is 10.2 Å². The van der Waals surface area contributed by atoms with Gasteiger partial charge in [0.2, 0.25) is 0 Å². The van der Waals surface area contributed by atoms with Gasteiger partial charge < -0.3 is 30.6 Å². The molecule has 0 aliphatic carbocycles. The Labute approximate surface area is 122 Å².